The summed E-state index contributed by atoms with van der Waals surface area (Å²) in [5, 5.41) is 0. The average molecular weight is 653 g/mol. The third-order valence-electron chi connectivity index (χ3n) is 8.99. The zero-order valence-corrected chi connectivity index (χ0v) is 28.9. The SMILES string of the molecule is CCCCOCCOc1ccc(-c2ccc(C3CCCC3)c(/C=C/C(=O)Cc3ccc(S(=O)Cc4c(C)ncn4CC)cc3)c2)cc1. The Bertz CT molecular complexity index is 1650. The lowest BCUT2D eigenvalue weighted by atomic mass is 9.89. The Morgan fingerprint density at radius 3 is 2.43 bits per heavy atom. The number of aromatic nitrogens is 2. The fraction of sp³-hybridized carbons (Fsp3) is 0.400. The van der Waals surface area contributed by atoms with Crippen molar-refractivity contribution in [1.29, 1.82) is 0 Å². The van der Waals surface area contributed by atoms with Gasteiger partial charge in [-0.05, 0) is 103 Å². The van der Waals surface area contributed by atoms with Crippen molar-refractivity contribution in [1.82, 2.24) is 9.55 Å². The second-order valence-electron chi connectivity index (χ2n) is 12.3. The van der Waals surface area contributed by atoms with Crippen LogP contribution in [0.2, 0.25) is 0 Å². The topological polar surface area (TPSA) is 70.4 Å². The molecule has 0 aliphatic heterocycles. The van der Waals surface area contributed by atoms with Gasteiger partial charge in [-0.1, -0.05) is 68.7 Å². The monoisotopic (exact) mass is 652 g/mol. The van der Waals surface area contributed by atoms with Crippen molar-refractivity contribution >= 4 is 22.7 Å². The van der Waals surface area contributed by atoms with Crippen molar-refractivity contribution in [3.63, 3.8) is 0 Å². The van der Waals surface area contributed by atoms with E-state index in [0.717, 1.165) is 70.3 Å². The number of carbonyl (C=O) groups excluding carboxylic acids is 1. The molecule has 4 aromatic rings. The standard InChI is InChI=1S/C40H48N2O4S/c1-4-6-23-45-24-25-46-37-18-14-32(15-19-37)34-16-22-39(33-9-7-8-10-33)35(27-34)13-17-36(43)26-31-11-20-38(21-12-31)47(44)28-40-30(3)41-29-42(40)5-2/h11-22,27,29,33H,4-10,23-26,28H2,1-3H3/b17-13+. The van der Waals surface area contributed by atoms with Gasteiger partial charge in [0, 0.05) is 24.5 Å². The zero-order valence-electron chi connectivity index (χ0n) is 28.1. The molecule has 248 valence electrons. The van der Waals surface area contributed by atoms with Crippen LogP contribution in [0.4, 0.5) is 0 Å². The zero-order chi connectivity index (χ0) is 33.0. The van der Waals surface area contributed by atoms with Gasteiger partial charge in [-0.3, -0.25) is 9.00 Å². The van der Waals surface area contributed by atoms with E-state index in [2.05, 4.69) is 49.2 Å². The summed E-state index contributed by atoms with van der Waals surface area (Å²) in [6.07, 6.45) is 12.9. The Kier molecular flexibility index (Phi) is 12.8. The molecule has 1 fully saturated rings. The maximum absolute atomic E-state index is 13.1. The summed E-state index contributed by atoms with van der Waals surface area (Å²) < 4.78 is 26.6. The molecule has 1 saturated carbocycles. The molecule has 0 saturated heterocycles. The van der Waals surface area contributed by atoms with Gasteiger partial charge in [0.1, 0.15) is 12.4 Å². The number of ketones is 1. The number of allylic oxidation sites excluding steroid dienone is 1. The van der Waals surface area contributed by atoms with Crippen LogP contribution in [-0.2, 0) is 39.0 Å². The molecular formula is C40H48N2O4S. The number of aryl methyl sites for hydroxylation is 2. The number of imidazole rings is 1. The Balaban J connectivity index is 1.23. The normalized spacial score (nSPS) is 14.2. The lowest BCUT2D eigenvalue weighted by Crippen LogP contribution is -2.07. The second kappa shape index (κ2) is 17.4. The van der Waals surface area contributed by atoms with Crippen molar-refractivity contribution < 1.29 is 18.5 Å². The summed E-state index contributed by atoms with van der Waals surface area (Å²) in [6, 6.07) is 22.5. The van der Waals surface area contributed by atoms with Gasteiger partial charge < -0.3 is 14.0 Å². The lowest BCUT2D eigenvalue weighted by molar-refractivity contribution is -0.113. The lowest BCUT2D eigenvalue weighted by Gasteiger charge is -2.15. The molecule has 0 spiro atoms. The molecule has 1 aliphatic carbocycles. The van der Waals surface area contributed by atoms with Crippen LogP contribution in [-0.4, -0.2) is 39.4 Å². The Labute approximate surface area is 282 Å². The van der Waals surface area contributed by atoms with Crippen LogP contribution in [0.5, 0.6) is 5.75 Å². The fourth-order valence-corrected chi connectivity index (χ4v) is 7.42. The van der Waals surface area contributed by atoms with Crippen LogP contribution in [0.3, 0.4) is 0 Å². The van der Waals surface area contributed by atoms with Crippen LogP contribution in [0.15, 0.2) is 84.0 Å². The number of benzene rings is 3. The molecular weight excluding hydrogens is 605 g/mol. The molecule has 1 heterocycles. The summed E-state index contributed by atoms with van der Waals surface area (Å²) in [5.74, 6) is 1.83. The van der Waals surface area contributed by atoms with Crippen molar-refractivity contribution in [2.24, 2.45) is 0 Å². The van der Waals surface area contributed by atoms with Crippen LogP contribution in [0.25, 0.3) is 17.2 Å². The van der Waals surface area contributed by atoms with E-state index >= 15 is 0 Å². The van der Waals surface area contributed by atoms with Gasteiger partial charge in [-0.25, -0.2) is 4.98 Å². The number of carbonyl (C=O) groups is 1. The predicted octanol–water partition coefficient (Wildman–Crippen LogP) is 8.86. The highest BCUT2D eigenvalue weighted by Crippen LogP contribution is 2.38. The number of rotatable bonds is 17. The molecule has 47 heavy (non-hydrogen) atoms. The maximum atomic E-state index is 13.1. The number of ether oxygens (including phenoxy) is 2. The number of hydrogen-bond acceptors (Lipinski definition) is 5. The van der Waals surface area contributed by atoms with Gasteiger partial charge in [-0.15, -0.1) is 0 Å². The van der Waals surface area contributed by atoms with Gasteiger partial charge in [0.05, 0.1) is 40.9 Å². The number of unbranched alkanes of at least 4 members (excludes halogenated alkanes) is 1. The fourth-order valence-electron chi connectivity index (χ4n) is 6.20. The molecule has 0 N–H and O–H groups in total. The number of hydrogen-bond donors (Lipinski definition) is 0. The molecule has 0 amide bonds. The van der Waals surface area contributed by atoms with E-state index in [1.807, 2.05) is 54.0 Å². The van der Waals surface area contributed by atoms with E-state index in [9.17, 15) is 9.00 Å². The highest BCUT2D eigenvalue weighted by molar-refractivity contribution is 7.84. The number of nitrogens with zero attached hydrogens (tertiary/aromatic N) is 2. The van der Waals surface area contributed by atoms with Crippen LogP contribution >= 0.6 is 0 Å². The Morgan fingerprint density at radius 2 is 1.70 bits per heavy atom. The quantitative estimate of drug-likeness (QED) is 0.0842. The first kappa shape index (κ1) is 34.5. The van der Waals surface area contributed by atoms with Crippen LogP contribution < -0.4 is 4.74 Å². The first-order valence-corrected chi connectivity index (χ1v) is 18.4. The van der Waals surface area contributed by atoms with Gasteiger partial charge >= 0.3 is 0 Å². The summed E-state index contributed by atoms with van der Waals surface area (Å²) >= 11 is 0. The first-order chi connectivity index (χ1) is 22.9. The molecule has 3 aromatic carbocycles. The van der Waals surface area contributed by atoms with E-state index in [1.165, 1.54) is 31.2 Å². The van der Waals surface area contributed by atoms with Gasteiger partial charge in [0.25, 0.3) is 0 Å². The second-order valence-corrected chi connectivity index (χ2v) is 13.8. The molecule has 0 bridgehead atoms. The third kappa shape index (κ3) is 9.61. The molecule has 1 aliphatic rings. The van der Waals surface area contributed by atoms with E-state index in [4.69, 9.17) is 9.47 Å². The maximum Gasteiger partial charge on any atom is 0.160 e. The largest absolute Gasteiger partial charge is 0.491 e. The van der Waals surface area contributed by atoms with Gasteiger partial charge in [-0.2, -0.15) is 0 Å². The van der Waals surface area contributed by atoms with E-state index in [-0.39, 0.29) is 5.78 Å². The van der Waals surface area contributed by atoms with Crippen LogP contribution in [0, 0.1) is 6.92 Å². The summed E-state index contributed by atoms with van der Waals surface area (Å²) in [7, 11) is -1.18. The van der Waals surface area contributed by atoms with Gasteiger partial charge in [0.2, 0.25) is 0 Å². The van der Waals surface area contributed by atoms with Crippen molar-refractivity contribution in [2.45, 2.75) is 88.8 Å². The van der Waals surface area contributed by atoms with Crippen LogP contribution in [0.1, 0.15) is 86.4 Å². The first-order valence-electron chi connectivity index (χ1n) is 17.1. The molecule has 1 atom stereocenters. The predicted molar refractivity (Wildman–Crippen MR) is 191 cm³/mol. The average Bonchev–Trinajstić information content (AvgIpc) is 3.76. The minimum atomic E-state index is -1.18. The molecule has 5 rings (SSSR count). The molecule has 1 unspecified atom stereocenters. The van der Waals surface area contributed by atoms with E-state index in [1.54, 1.807) is 12.4 Å². The van der Waals surface area contributed by atoms with E-state index in [0.29, 0.717) is 31.3 Å². The highest BCUT2D eigenvalue weighted by Gasteiger charge is 2.20. The summed E-state index contributed by atoms with van der Waals surface area (Å²) in [6.45, 7) is 8.88. The van der Waals surface area contributed by atoms with E-state index < -0.39 is 10.8 Å². The van der Waals surface area contributed by atoms with Gasteiger partial charge in [0.15, 0.2) is 5.78 Å². The minimum Gasteiger partial charge on any atom is -0.491 e. The van der Waals surface area contributed by atoms with Crippen molar-refractivity contribution in [2.75, 3.05) is 19.8 Å². The molecule has 0 radical (unpaired) electrons. The van der Waals surface area contributed by atoms with Crippen molar-refractivity contribution in [3.05, 3.63) is 107 Å². The molecule has 7 heteroatoms. The highest BCUT2D eigenvalue weighted by atomic mass is 32.2. The smallest absolute Gasteiger partial charge is 0.160 e. The summed E-state index contributed by atoms with van der Waals surface area (Å²) in [4.78, 5) is 18.3. The third-order valence-corrected chi connectivity index (χ3v) is 10.3. The minimum absolute atomic E-state index is 0.0456. The summed E-state index contributed by atoms with van der Waals surface area (Å²) in [5.41, 5.74) is 7.50. The molecule has 6 nitrogen and oxygen atoms in total. The Morgan fingerprint density at radius 1 is 0.957 bits per heavy atom. The Hall–Kier alpha value is -3.81. The molecule has 1 aromatic heterocycles. The van der Waals surface area contributed by atoms with Crippen molar-refractivity contribution in [3.8, 4) is 16.9 Å².